The number of hydrogen-bond donors (Lipinski definition) is 6. The van der Waals surface area contributed by atoms with Gasteiger partial charge in [-0.1, -0.05) is 23.4 Å². The molecule has 1 amide bonds. The van der Waals surface area contributed by atoms with Crippen LogP contribution < -0.4 is 29.6 Å². The number of aliphatic hydroxyl groups is 4. The van der Waals surface area contributed by atoms with E-state index >= 15 is 0 Å². The number of aromatic nitrogens is 1. The summed E-state index contributed by atoms with van der Waals surface area (Å²) in [5.74, 6) is 1.79. The molecule has 0 bridgehead atoms. The molecule has 0 fully saturated rings. The minimum absolute atomic E-state index is 0.119. The van der Waals surface area contributed by atoms with E-state index in [9.17, 15) is 25.2 Å². The van der Waals surface area contributed by atoms with E-state index in [-0.39, 0.29) is 45.5 Å². The largest absolute Gasteiger partial charge is 0.493 e. The van der Waals surface area contributed by atoms with Crippen molar-refractivity contribution >= 4 is 11.6 Å². The number of fused-ring (bicyclic) bond motifs is 1. The van der Waals surface area contributed by atoms with Gasteiger partial charge in [0.05, 0.1) is 46.2 Å². The summed E-state index contributed by atoms with van der Waals surface area (Å²) in [6.45, 7) is -0.966. The molecule has 0 radical (unpaired) electrons. The average Bonchev–Trinajstić information content (AvgIpc) is 3.66. The quantitative estimate of drug-likeness (QED) is 0.0914. The van der Waals surface area contributed by atoms with E-state index in [0.717, 1.165) is 11.3 Å². The maximum atomic E-state index is 12.6. The molecule has 6 rings (SSSR count). The van der Waals surface area contributed by atoms with Crippen molar-refractivity contribution in [2.24, 2.45) is 0 Å². The highest BCUT2D eigenvalue weighted by Gasteiger charge is 2.25. The predicted molar refractivity (Wildman–Crippen MR) is 182 cm³/mol. The molecule has 0 saturated heterocycles. The van der Waals surface area contributed by atoms with Gasteiger partial charge in [0, 0.05) is 28.4 Å². The number of rotatable bonds is 14. The monoisotopic (exact) mass is 683 g/mol. The molecule has 0 spiro atoms. The van der Waals surface area contributed by atoms with Crippen LogP contribution >= 0.6 is 0 Å². The lowest BCUT2D eigenvalue weighted by Gasteiger charge is -2.28. The lowest BCUT2D eigenvalue weighted by Crippen LogP contribution is -2.38. The SMILES string of the molecule is COc1cc(-c2cc(-c3cc(CO)c(CO)c(CO)c3)on2)cc(OC)c1OCCOc1ccc(C2NC(=O)c3ccccc3N2)cc1CO. The second-order valence-corrected chi connectivity index (χ2v) is 11.4. The van der Waals surface area contributed by atoms with Gasteiger partial charge < -0.3 is 54.5 Å². The molecule has 2 heterocycles. The lowest BCUT2D eigenvalue weighted by molar-refractivity contribution is 0.0935. The van der Waals surface area contributed by atoms with Gasteiger partial charge in [-0.2, -0.15) is 0 Å². The van der Waals surface area contributed by atoms with Gasteiger partial charge >= 0.3 is 0 Å². The number of nitrogens with zero attached hydrogens (tertiary/aromatic N) is 1. The molecule has 5 aromatic rings. The van der Waals surface area contributed by atoms with E-state index in [0.29, 0.717) is 73.4 Å². The zero-order chi connectivity index (χ0) is 35.2. The third-order valence-electron chi connectivity index (χ3n) is 8.41. The van der Waals surface area contributed by atoms with Crippen LogP contribution in [-0.4, -0.2) is 58.9 Å². The van der Waals surface area contributed by atoms with E-state index in [1.165, 1.54) is 14.2 Å². The Bertz CT molecular complexity index is 1940. The topological polar surface area (TPSA) is 185 Å². The van der Waals surface area contributed by atoms with Crippen LogP contribution in [0, 0.1) is 0 Å². The number of benzene rings is 4. The highest BCUT2D eigenvalue weighted by atomic mass is 16.6. The number of para-hydroxylation sites is 1. The van der Waals surface area contributed by atoms with Crippen LogP contribution in [0.5, 0.6) is 23.0 Å². The van der Waals surface area contributed by atoms with E-state index in [1.807, 2.05) is 24.3 Å². The van der Waals surface area contributed by atoms with Crippen molar-refractivity contribution in [3.8, 4) is 45.6 Å². The van der Waals surface area contributed by atoms with Crippen molar-refractivity contribution in [2.75, 3.05) is 32.8 Å². The van der Waals surface area contributed by atoms with E-state index in [4.69, 9.17) is 23.5 Å². The maximum absolute atomic E-state index is 12.6. The van der Waals surface area contributed by atoms with Crippen molar-refractivity contribution in [1.29, 1.82) is 0 Å². The first-order valence-corrected chi connectivity index (χ1v) is 15.8. The predicted octanol–water partition coefficient (Wildman–Crippen LogP) is 4.31. The molecular weight excluding hydrogens is 646 g/mol. The summed E-state index contributed by atoms with van der Waals surface area (Å²) in [6.07, 6.45) is -0.469. The van der Waals surface area contributed by atoms with E-state index in [1.54, 1.807) is 48.5 Å². The summed E-state index contributed by atoms with van der Waals surface area (Å²) in [6, 6.07) is 21.1. The summed E-state index contributed by atoms with van der Waals surface area (Å²) in [7, 11) is 3.01. The number of anilines is 1. The van der Waals surface area contributed by atoms with Gasteiger partial charge in [0.15, 0.2) is 17.3 Å². The van der Waals surface area contributed by atoms with Crippen LogP contribution in [0.3, 0.4) is 0 Å². The summed E-state index contributed by atoms with van der Waals surface area (Å²) in [5.41, 5.74) is 5.70. The van der Waals surface area contributed by atoms with Gasteiger partial charge in [-0.15, -0.1) is 0 Å². The molecule has 1 aromatic heterocycles. The second-order valence-electron chi connectivity index (χ2n) is 11.4. The molecular formula is C37H37N3O10. The van der Waals surface area contributed by atoms with Crippen LogP contribution in [-0.2, 0) is 26.4 Å². The minimum Gasteiger partial charge on any atom is -0.493 e. The first-order valence-electron chi connectivity index (χ1n) is 15.8. The number of amides is 1. The zero-order valence-electron chi connectivity index (χ0n) is 27.4. The fraction of sp³-hybridized carbons (Fsp3) is 0.243. The fourth-order valence-electron chi connectivity index (χ4n) is 5.86. The fourth-order valence-corrected chi connectivity index (χ4v) is 5.86. The van der Waals surface area contributed by atoms with Gasteiger partial charge in [0.1, 0.15) is 30.8 Å². The first kappa shape index (κ1) is 34.3. The number of carbonyl (C=O) groups is 1. The number of ether oxygens (including phenoxy) is 4. The third kappa shape index (κ3) is 6.93. The minimum atomic E-state index is -0.469. The highest BCUT2D eigenvalue weighted by Crippen LogP contribution is 2.42. The smallest absolute Gasteiger partial charge is 0.255 e. The molecule has 1 unspecified atom stereocenters. The summed E-state index contributed by atoms with van der Waals surface area (Å²) < 4.78 is 28.9. The standard InChI is InChI=1S/C37H37N3O10/c1-46-33-14-22(30-16-32(50-40-30)23-12-24(17-41)28(20-44)25(13-23)18-42)15-34(47-2)35(33)49-10-9-48-31-8-7-21(11-26(31)19-43)36-38-29-6-4-3-5-27(29)37(45)39-36/h3-8,11-16,36,38,41-44H,9-10,17-20H2,1-2H3,(H,39,45). The Kier molecular flexibility index (Phi) is 10.5. The number of nitrogens with one attached hydrogen (secondary N) is 2. The van der Waals surface area contributed by atoms with Gasteiger partial charge in [-0.25, -0.2) is 0 Å². The third-order valence-corrected chi connectivity index (χ3v) is 8.41. The molecule has 6 N–H and O–H groups in total. The summed E-state index contributed by atoms with van der Waals surface area (Å²) in [4.78, 5) is 12.6. The van der Waals surface area contributed by atoms with Crippen LogP contribution in [0.4, 0.5) is 5.69 Å². The number of carbonyl (C=O) groups excluding carboxylic acids is 1. The Balaban J connectivity index is 1.14. The normalized spacial score (nSPS) is 13.6. The van der Waals surface area contributed by atoms with Gasteiger partial charge in [0.25, 0.3) is 5.91 Å². The van der Waals surface area contributed by atoms with Gasteiger partial charge in [-0.05, 0) is 70.8 Å². The van der Waals surface area contributed by atoms with Crippen LogP contribution in [0.2, 0.25) is 0 Å². The number of aliphatic hydroxyl groups excluding tert-OH is 4. The van der Waals surface area contributed by atoms with E-state index < -0.39 is 6.17 Å². The van der Waals surface area contributed by atoms with Gasteiger partial charge in [-0.3, -0.25) is 4.79 Å². The Labute approximate surface area is 287 Å². The molecule has 260 valence electrons. The molecule has 50 heavy (non-hydrogen) atoms. The molecule has 1 aliphatic heterocycles. The van der Waals surface area contributed by atoms with Crippen LogP contribution in [0.15, 0.2) is 77.3 Å². The van der Waals surface area contributed by atoms with E-state index in [2.05, 4.69) is 15.8 Å². The molecule has 13 nitrogen and oxygen atoms in total. The van der Waals surface area contributed by atoms with Crippen LogP contribution in [0.1, 0.15) is 44.3 Å². The highest BCUT2D eigenvalue weighted by molar-refractivity contribution is 6.01. The Morgan fingerprint density at radius 1 is 0.720 bits per heavy atom. The Hall–Kier alpha value is -5.60. The molecule has 0 saturated carbocycles. The second kappa shape index (κ2) is 15.3. The van der Waals surface area contributed by atoms with Crippen LogP contribution in [0.25, 0.3) is 22.6 Å². The molecule has 1 atom stereocenters. The summed E-state index contributed by atoms with van der Waals surface area (Å²) >= 11 is 0. The molecule has 1 aliphatic rings. The lowest BCUT2D eigenvalue weighted by atomic mass is 9.97. The number of hydrogen-bond acceptors (Lipinski definition) is 12. The first-order chi connectivity index (χ1) is 24.4. The molecule has 4 aromatic carbocycles. The Morgan fingerprint density at radius 2 is 1.40 bits per heavy atom. The van der Waals surface area contributed by atoms with Crippen molar-refractivity contribution in [3.63, 3.8) is 0 Å². The number of methoxy groups -OCH3 is 2. The average molecular weight is 684 g/mol. The van der Waals surface area contributed by atoms with Crippen molar-refractivity contribution in [1.82, 2.24) is 10.5 Å². The summed E-state index contributed by atoms with van der Waals surface area (Å²) in [5, 5.41) is 49.8. The Morgan fingerprint density at radius 3 is 2.06 bits per heavy atom. The van der Waals surface area contributed by atoms with Crippen molar-refractivity contribution in [2.45, 2.75) is 32.6 Å². The van der Waals surface area contributed by atoms with Crippen molar-refractivity contribution < 1.29 is 48.7 Å². The molecule has 13 heteroatoms. The molecule has 0 aliphatic carbocycles. The maximum Gasteiger partial charge on any atom is 0.255 e. The van der Waals surface area contributed by atoms with Crippen molar-refractivity contribution in [3.05, 3.63) is 106 Å². The van der Waals surface area contributed by atoms with Gasteiger partial charge in [0.2, 0.25) is 5.75 Å². The zero-order valence-corrected chi connectivity index (χ0v) is 27.4.